The van der Waals surface area contributed by atoms with Gasteiger partial charge in [0.15, 0.2) is 0 Å². The van der Waals surface area contributed by atoms with E-state index in [1.807, 2.05) is 21.9 Å². The number of halogens is 1. The summed E-state index contributed by atoms with van der Waals surface area (Å²) in [5.74, 6) is 0.717. The Kier molecular flexibility index (Phi) is 3.80. The van der Waals surface area contributed by atoms with Gasteiger partial charge in [0.2, 0.25) is 0 Å². The topological polar surface area (TPSA) is 59.4 Å². The van der Waals surface area contributed by atoms with Crippen LogP contribution in [0.15, 0.2) is 18.2 Å². The number of anilines is 2. The van der Waals surface area contributed by atoms with Gasteiger partial charge in [0.05, 0.1) is 16.8 Å². The molecule has 0 spiro atoms. The maximum absolute atomic E-state index is 12.6. The van der Waals surface area contributed by atoms with E-state index in [0.29, 0.717) is 23.0 Å². The first kappa shape index (κ1) is 15.6. The zero-order chi connectivity index (χ0) is 16.8. The van der Waals surface area contributed by atoms with Crippen molar-refractivity contribution in [1.29, 1.82) is 5.26 Å². The molecule has 0 aromatic heterocycles. The lowest BCUT2D eigenvalue weighted by Gasteiger charge is -2.54. The molecule has 5 rings (SSSR count). The van der Waals surface area contributed by atoms with Gasteiger partial charge in [-0.05, 0) is 49.8 Å². The van der Waals surface area contributed by atoms with Crippen molar-refractivity contribution in [3.8, 4) is 6.07 Å². The molecule has 1 aromatic carbocycles. The molecule has 4 aliphatic rings. The minimum Gasteiger partial charge on any atom is -0.354 e. The van der Waals surface area contributed by atoms with Crippen LogP contribution in [0.4, 0.5) is 16.2 Å². The summed E-state index contributed by atoms with van der Waals surface area (Å²) in [7, 11) is 0. The quantitative estimate of drug-likeness (QED) is 0.886. The van der Waals surface area contributed by atoms with Gasteiger partial charge in [0.1, 0.15) is 6.04 Å². The molecule has 1 aromatic rings. The van der Waals surface area contributed by atoms with Crippen molar-refractivity contribution in [2.45, 2.75) is 50.7 Å². The SMILES string of the molecule is CC1CC2CC(C1)N2C(=O)Nc1ccc(Cl)c(N2CC[C@@H]2C#N)c1. The van der Waals surface area contributed by atoms with E-state index in [9.17, 15) is 4.79 Å². The Morgan fingerprint density at radius 3 is 2.71 bits per heavy atom. The highest BCUT2D eigenvalue weighted by Crippen LogP contribution is 2.41. The average Bonchev–Trinajstić information content (AvgIpc) is 2.49. The maximum atomic E-state index is 12.6. The van der Waals surface area contributed by atoms with Crippen molar-refractivity contribution >= 4 is 29.0 Å². The lowest BCUT2D eigenvalue weighted by atomic mass is 9.74. The number of rotatable bonds is 2. The predicted octanol–water partition coefficient (Wildman–Crippen LogP) is 3.85. The van der Waals surface area contributed by atoms with E-state index in [4.69, 9.17) is 16.9 Å². The van der Waals surface area contributed by atoms with Crippen LogP contribution in [0.25, 0.3) is 0 Å². The van der Waals surface area contributed by atoms with Crippen LogP contribution < -0.4 is 10.2 Å². The maximum Gasteiger partial charge on any atom is 0.322 e. The molecule has 126 valence electrons. The van der Waals surface area contributed by atoms with Crippen LogP contribution in [0.2, 0.25) is 5.02 Å². The van der Waals surface area contributed by atoms with E-state index < -0.39 is 0 Å². The molecule has 24 heavy (non-hydrogen) atoms. The van der Waals surface area contributed by atoms with Crippen molar-refractivity contribution in [2.75, 3.05) is 16.8 Å². The Morgan fingerprint density at radius 1 is 1.33 bits per heavy atom. The second-order valence-corrected chi connectivity index (χ2v) is 7.66. The van der Waals surface area contributed by atoms with E-state index >= 15 is 0 Å². The fraction of sp³-hybridized carbons (Fsp3) is 0.556. The van der Waals surface area contributed by atoms with Gasteiger partial charge < -0.3 is 15.1 Å². The van der Waals surface area contributed by atoms with Gasteiger partial charge >= 0.3 is 6.03 Å². The molecule has 2 unspecified atom stereocenters. The van der Waals surface area contributed by atoms with E-state index in [2.05, 4.69) is 18.3 Å². The largest absolute Gasteiger partial charge is 0.354 e. The Bertz CT molecular complexity index is 703. The molecule has 1 N–H and O–H groups in total. The van der Waals surface area contributed by atoms with Crippen molar-refractivity contribution in [1.82, 2.24) is 4.90 Å². The molecular weight excluding hydrogens is 324 g/mol. The summed E-state index contributed by atoms with van der Waals surface area (Å²) in [4.78, 5) is 16.6. The van der Waals surface area contributed by atoms with Crippen LogP contribution in [0, 0.1) is 17.2 Å². The number of amides is 2. The second-order valence-electron chi connectivity index (χ2n) is 7.25. The summed E-state index contributed by atoms with van der Waals surface area (Å²) in [5.41, 5.74) is 1.56. The molecule has 6 heteroatoms. The normalized spacial score (nSPS) is 30.9. The monoisotopic (exact) mass is 344 g/mol. The number of urea groups is 1. The standard InChI is InChI=1S/C18H21ClN4O/c1-11-6-14-9-15(7-11)23(14)18(24)21-12-2-3-16(19)17(8-12)22-5-4-13(22)10-20/h2-3,8,11,13-15H,4-7,9H2,1H3,(H,21,24)/t11?,13-,14?,15?/m1/s1. The zero-order valence-electron chi connectivity index (χ0n) is 13.7. The third-order valence-corrected chi connectivity index (χ3v) is 5.91. The van der Waals surface area contributed by atoms with E-state index in [1.54, 1.807) is 6.07 Å². The third kappa shape index (κ3) is 2.50. The fourth-order valence-corrected chi connectivity index (χ4v) is 4.51. The number of hydrogen-bond acceptors (Lipinski definition) is 3. The summed E-state index contributed by atoms with van der Waals surface area (Å²) in [6.45, 7) is 3.09. The first-order chi connectivity index (χ1) is 11.6. The van der Waals surface area contributed by atoms with Crippen molar-refractivity contribution in [3.05, 3.63) is 23.2 Å². The summed E-state index contributed by atoms with van der Waals surface area (Å²) >= 11 is 6.28. The van der Waals surface area contributed by atoms with E-state index in [1.165, 1.54) is 0 Å². The van der Waals surface area contributed by atoms with Crippen LogP contribution >= 0.6 is 11.6 Å². The molecule has 2 amide bonds. The van der Waals surface area contributed by atoms with Crippen LogP contribution in [0.3, 0.4) is 0 Å². The number of carbonyl (C=O) groups is 1. The summed E-state index contributed by atoms with van der Waals surface area (Å²) in [5, 5.41) is 12.8. The van der Waals surface area contributed by atoms with Crippen LogP contribution in [0.5, 0.6) is 0 Å². The highest BCUT2D eigenvalue weighted by atomic mass is 35.5. The summed E-state index contributed by atoms with van der Waals surface area (Å²) in [6.07, 6.45) is 4.21. The van der Waals surface area contributed by atoms with Gasteiger partial charge in [-0.1, -0.05) is 18.5 Å². The minimum atomic E-state index is -0.121. The molecule has 5 nitrogen and oxygen atoms in total. The molecule has 0 radical (unpaired) electrons. The van der Waals surface area contributed by atoms with Crippen molar-refractivity contribution < 1.29 is 4.79 Å². The van der Waals surface area contributed by atoms with Crippen molar-refractivity contribution in [2.24, 2.45) is 5.92 Å². The number of benzene rings is 1. The van der Waals surface area contributed by atoms with E-state index in [0.717, 1.165) is 43.6 Å². The number of nitrogens with one attached hydrogen (secondary N) is 1. The van der Waals surface area contributed by atoms with Crippen LogP contribution in [-0.4, -0.2) is 35.6 Å². The first-order valence-electron chi connectivity index (χ1n) is 8.62. The predicted molar refractivity (Wildman–Crippen MR) is 94.3 cm³/mol. The molecule has 3 heterocycles. The summed E-state index contributed by atoms with van der Waals surface area (Å²) in [6, 6.07) is 8.41. The zero-order valence-corrected chi connectivity index (χ0v) is 14.5. The fourth-order valence-electron chi connectivity index (χ4n) is 4.29. The molecule has 4 fully saturated rings. The molecule has 3 saturated heterocycles. The highest BCUT2D eigenvalue weighted by molar-refractivity contribution is 6.33. The van der Waals surface area contributed by atoms with Crippen LogP contribution in [0.1, 0.15) is 32.6 Å². The number of carbonyl (C=O) groups excluding carboxylic acids is 1. The van der Waals surface area contributed by atoms with Gasteiger partial charge in [-0.3, -0.25) is 0 Å². The molecule has 3 aliphatic heterocycles. The third-order valence-electron chi connectivity index (χ3n) is 5.59. The summed E-state index contributed by atoms with van der Waals surface area (Å²) < 4.78 is 0. The Labute approximate surface area is 147 Å². The Morgan fingerprint density at radius 2 is 2.08 bits per heavy atom. The van der Waals surface area contributed by atoms with Gasteiger partial charge in [-0.15, -0.1) is 0 Å². The highest BCUT2D eigenvalue weighted by Gasteiger charge is 2.46. The lowest BCUT2D eigenvalue weighted by molar-refractivity contribution is -0.00600. The van der Waals surface area contributed by atoms with E-state index in [-0.39, 0.29) is 12.1 Å². The number of nitriles is 1. The first-order valence-corrected chi connectivity index (χ1v) is 8.99. The van der Waals surface area contributed by atoms with Crippen LogP contribution in [-0.2, 0) is 0 Å². The average molecular weight is 345 g/mol. The molecule has 1 aliphatic carbocycles. The number of hydrogen-bond donors (Lipinski definition) is 1. The van der Waals surface area contributed by atoms with Gasteiger partial charge in [0, 0.05) is 24.3 Å². The smallest absolute Gasteiger partial charge is 0.322 e. The van der Waals surface area contributed by atoms with Gasteiger partial charge in [0.25, 0.3) is 0 Å². The Hall–Kier alpha value is -1.93. The van der Waals surface area contributed by atoms with Gasteiger partial charge in [-0.25, -0.2) is 4.79 Å². The molecular formula is C18H21ClN4O. The second kappa shape index (κ2) is 5.86. The molecule has 3 atom stereocenters. The number of fused-ring (bicyclic) bond motifs is 2. The van der Waals surface area contributed by atoms with Crippen molar-refractivity contribution in [3.63, 3.8) is 0 Å². The minimum absolute atomic E-state index is 0.0168. The molecule has 1 saturated carbocycles. The number of nitrogens with zero attached hydrogens (tertiary/aromatic N) is 3. The molecule has 2 bridgehead atoms. The Balaban J connectivity index is 1.47. The van der Waals surface area contributed by atoms with Gasteiger partial charge in [-0.2, -0.15) is 5.26 Å². The lowest BCUT2D eigenvalue weighted by Crippen LogP contribution is -2.63. The number of piperidine rings is 1.